The number of fused-ring (bicyclic) bond motifs is 4. The molecule has 2 saturated carbocycles. The van der Waals surface area contributed by atoms with Gasteiger partial charge >= 0.3 is 0 Å². The third-order valence-electron chi connectivity index (χ3n) is 9.57. The number of nitrogens with two attached hydrogens (primary N) is 1. The van der Waals surface area contributed by atoms with Crippen molar-refractivity contribution < 1.29 is 14.6 Å². The molecule has 43 heavy (non-hydrogen) atoms. The highest BCUT2D eigenvalue weighted by molar-refractivity contribution is 6.00. The Morgan fingerprint density at radius 1 is 1.09 bits per heavy atom. The molecule has 5 heterocycles. The average molecular weight is 579 g/mol. The number of methoxy groups -OCH3 is 1. The van der Waals surface area contributed by atoms with Crippen LogP contribution in [0.2, 0.25) is 0 Å². The van der Waals surface area contributed by atoms with Crippen LogP contribution < -0.4 is 10.5 Å². The van der Waals surface area contributed by atoms with Gasteiger partial charge < -0.3 is 29.6 Å². The number of piperidine rings is 1. The van der Waals surface area contributed by atoms with Gasteiger partial charge in [-0.2, -0.15) is 0 Å². The smallest absolute Gasteiger partial charge is 0.254 e. The Morgan fingerprint density at radius 3 is 2.58 bits per heavy atom. The molecule has 1 aliphatic heterocycles. The fourth-order valence-corrected chi connectivity index (χ4v) is 7.05. The molecule has 1 aromatic carbocycles. The van der Waals surface area contributed by atoms with Crippen molar-refractivity contribution in [3.8, 4) is 28.5 Å². The van der Waals surface area contributed by atoms with Crippen LogP contribution >= 0.6 is 0 Å². The number of aliphatic hydroxyl groups is 1. The van der Waals surface area contributed by atoms with Gasteiger partial charge in [-0.15, -0.1) is 0 Å². The molecule has 11 nitrogen and oxygen atoms in total. The molecule has 3 N–H and O–H groups in total. The monoisotopic (exact) mass is 578 g/mol. The Hall–Kier alpha value is -4.35. The van der Waals surface area contributed by atoms with Crippen molar-refractivity contribution in [3.05, 3.63) is 54.1 Å². The van der Waals surface area contributed by atoms with E-state index < -0.39 is 0 Å². The van der Waals surface area contributed by atoms with E-state index in [1.807, 2.05) is 30.1 Å². The molecule has 220 valence electrons. The van der Waals surface area contributed by atoms with E-state index in [9.17, 15) is 9.90 Å². The molecule has 0 radical (unpaired) electrons. The van der Waals surface area contributed by atoms with Crippen LogP contribution in [-0.2, 0) is 20.2 Å². The highest BCUT2D eigenvalue weighted by Crippen LogP contribution is 2.40. The van der Waals surface area contributed by atoms with Gasteiger partial charge in [0.1, 0.15) is 23.5 Å². The maximum atomic E-state index is 13.7. The molecular weight excluding hydrogens is 544 g/mol. The first kappa shape index (κ1) is 26.3. The summed E-state index contributed by atoms with van der Waals surface area (Å²) in [5, 5.41) is 10.3. The summed E-state index contributed by atoms with van der Waals surface area (Å²) in [6.45, 7) is 1.36. The molecule has 4 aromatic heterocycles. The van der Waals surface area contributed by atoms with Gasteiger partial charge in [0, 0.05) is 61.1 Å². The van der Waals surface area contributed by atoms with Crippen LogP contribution in [0.5, 0.6) is 5.75 Å². The number of rotatable bonds is 7. The summed E-state index contributed by atoms with van der Waals surface area (Å²) in [7, 11) is 3.63. The lowest BCUT2D eigenvalue weighted by Gasteiger charge is -2.27. The number of amides is 1. The standard InChI is InChI=1S/C32H34N8O3/c1-38-29-23(9-20(11-26(29)43-2)32(42)40-15-19-6-8-24(40)28(19)33)37-31(38)25-10-18-5-7-22(21-12-34-27(16-41)35-13-21)36-30(18)39(25)14-17-3-4-17/h5,7,9-13,17,19,24,28,41H,3-4,6,8,14-16,33H2,1-2H3/t19?,24?,28-/m1/s1. The molecule has 8 rings (SSSR count). The number of pyridine rings is 1. The van der Waals surface area contributed by atoms with Gasteiger partial charge in [0.25, 0.3) is 5.91 Å². The number of carbonyl (C=O) groups is 1. The summed E-state index contributed by atoms with van der Waals surface area (Å²) in [5.74, 6) is 2.76. The number of likely N-dealkylation sites (tertiary alicyclic amines) is 1. The summed E-state index contributed by atoms with van der Waals surface area (Å²) in [5.41, 5.74) is 11.9. The van der Waals surface area contributed by atoms with E-state index in [2.05, 4.69) is 31.2 Å². The van der Waals surface area contributed by atoms with Crippen molar-refractivity contribution >= 4 is 28.0 Å². The van der Waals surface area contributed by atoms with Crippen molar-refractivity contribution in [3.63, 3.8) is 0 Å². The number of hydrogen-bond acceptors (Lipinski definition) is 8. The highest BCUT2D eigenvalue weighted by atomic mass is 16.5. The lowest BCUT2D eigenvalue weighted by Crippen LogP contribution is -2.41. The average Bonchev–Trinajstić information content (AvgIpc) is 3.44. The second kappa shape index (κ2) is 9.85. The number of aliphatic hydroxyl groups excluding tert-OH is 1. The number of imidazole rings is 1. The molecule has 3 aliphatic rings. The molecule has 3 fully saturated rings. The van der Waals surface area contributed by atoms with Crippen LogP contribution in [0.3, 0.4) is 0 Å². The summed E-state index contributed by atoms with van der Waals surface area (Å²) in [6.07, 6.45) is 7.83. The zero-order valence-electron chi connectivity index (χ0n) is 24.3. The molecule has 1 saturated heterocycles. The number of hydrogen-bond donors (Lipinski definition) is 2. The topological polar surface area (TPSA) is 137 Å². The molecule has 2 unspecified atom stereocenters. The van der Waals surface area contributed by atoms with Crippen molar-refractivity contribution in [1.82, 2.24) is 34.0 Å². The maximum Gasteiger partial charge on any atom is 0.254 e. The fourth-order valence-electron chi connectivity index (χ4n) is 7.05. The Balaban J connectivity index is 1.23. The molecule has 2 bridgehead atoms. The van der Waals surface area contributed by atoms with Gasteiger partial charge in [0.2, 0.25) is 0 Å². The van der Waals surface area contributed by atoms with Gasteiger partial charge in [-0.05, 0) is 67.9 Å². The van der Waals surface area contributed by atoms with Crippen molar-refractivity contribution in [2.45, 2.75) is 50.9 Å². The Kier molecular flexibility index (Phi) is 6.02. The van der Waals surface area contributed by atoms with Crippen LogP contribution in [0.1, 0.15) is 41.9 Å². The van der Waals surface area contributed by atoms with E-state index in [0.29, 0.717) is 41.0 Å². The molecule has 0 spiro atoms. The van der Waals surface area contributed by atoms with Crippen LogP contribution in [0.25, 0.3) is 44.8 Å². The van der Waals surface area contributed by atoms with Gasteiger partial charge in [-0.25, -0.2) is 19.9 Å². The number of aryl methyl sites for hydroxylation is 1. The fraction of sp³-hybridized carbons (Fsp3) is 0.406. The van der Waals surface area contributed by atoms with Crippen molar-refractivity contribution in [1.29, 1.82) is 0 Å². The third-order valence-corrected chi connectivity index (χ3v) is 9.57. The second-order valence-electron chi connectivity index (χ2n) is 12.2. The maximum absolute atomic E-state index is 13.7. The third kappa shape index (κ3) is 4.21. The van der Waals surface area contributed by atoms with Crippen molar-refractivity contribution in [2.24, 2.45) is 24.6 Å². The zero-order valence-corrected chi connectivity index (χ0v) is 24.3. The molecular formula is C32H34N8O3. The Labute approximate surface area is 248 Å². The SMILES string of the molecule is COc1cc(C(=O)N2CC3CCC2[C@@H]3N)cc2nc(-c3cc4ccc(-c5cnc(CO)nc5)nc4n3CC3CC3)n(C)c12. The van der Waals surface area contributed by atoms with E-state index >= 15 is 0 Å². The minimum absolute atomic E-state index is 0.00868. The number of aromatic nitrogens is 6. The molecule has 2 aliphatic carbocycles. The van der Waals surface area contributed by atoms with Gasteiger partial charge in [0.05, 0.1) is 24.0 Å². The number of carbonyl (C=O) groups excluding carboxylic acids is 1. The lowest BCUT2D eigenvalue weighted by molar-refractivity contribution is 0.0700. The number of nitrogens with zero attached hydrogens (tertiary/aromatic N) is 7. The van der Waals surface area contributed by atoms with E-state index in [0.717, 1.165) is 58.7 Å². The Bertz CT molecular complexity index is 1890. The van der Waals surface area contributed by atoms with Crippen LogP contribution in [0.4, 0.5) is 0 Å². The second-order valence-corrected chi connectivity index (χ2v) is 12.2. The van der Waals surface area contributed by atoms with Gasteiger partial charge in [-0.1, -0.05) is 0 Å². The van der Waals surface area contributed by atoms with E-state index in [1.54, 1.807) is 19.5 Å². The summed E-state index contributed by atoms with van der Waals surface area (Å²) in [6, 6.07) is 10.1. The molecule has 11 heteroatoms. The molecule has 5 aromatic rings. The predicted molar refractivity (Wildman–Crippen MR) is 161 cm³/mol. The van der Waals surface area contributed by atoms with Crippen molar-refractivity contribution in [2.75, 3.05) is 13.7 Å². The summed E-state index contributed by atoms with van der Waals surface area (Å²) in [4.78, 5) is 34.3. The van der Waals surface area contributed by atoms with E-state index in [1.165, 1.54) is 12.8 Å². The quantitative estimate of drug-likeness (QED) is 0.299. The lowest BCUT2D eigenvalue weighted by atomic mass is 10.1. The highest BCUT2D eigenvalue weighted by Gasteiger charge is 2.47. The van der Waals surface area contributed by atoms with Crippen LogP contribution in [-0.4, -0.2) is 70.7 Å². The van der Waals surface area contributed by atoms with E-state index in [-0.39, 0.29) is 24.6 Å². The molecule has 3 atom stereocenters. The van der Waals surface area contributed by atoms with Crippen LogP contribution in [0.15, 0.2) is 42.7 Å². The first-order valence-electron chi connectivity index (χ1n) is 15.0. The predicted octanol–water partition coefficient (Wildman–Crippen LogP) is 3.52. The minimum Gasteiger partial charge on any atom is -0.494 e. The largest absolute Gasteiger partial charge is 0.494 e. The normalized spacial score (nSPS) is 21.4. The Morgan fingerprint density at radius 2 is 1.91 bits per heavy atom. The van der Waals surface area contributed by atoms with Crippen LogP contribution in [0, 0.1) is 11.8 Å². The van der Waals surface area contributed by atoms with Gasteiger partial charge in [-0.3, -0.25) is 4.79 Å². The minimum atomic E-state index is -0.202. The summed E-state index contributed by atoms with van der Waals surface area (Å²) >= 11 is 0. The first-order valence-corrected chi connectivity index (χ1v) is 15.0. The molecule has 1 amide bonds. The van der Waals surface area contributed by atoms with Gasteiger partial charge in [0.15, 0.2) is 11.6 Å². The number of benzene rings is 1. The summed E-state index contributed by atoms with van der Waals surface area (Å²) < 4.78 is 10.2. The number of ether oxygens (including phenoxy) is 1. The zero-order chi connectivity index (χ0) is 29.4. The first-order chi connectivity index (χ1) is 20.9. The van der Waals surface area contributed by atoms with E-state index in [4.69, 9.17) is 20.4 Å².